The molecule has 30 heavy (non-hydrogen) atoms. The number of benzene rings is 2. The van der Waals surface area contributed by atoms with Gasteiger partial charge in [0.2, 0.25) is 0 Å². The Hall–Kier alpha value is -1.63. The molecule has 0 bridgehead atoms. The van der Waals surface area contributed by atoms with Gasteiger partial charge in [-0.3, -0.25) is 9.69 Å². The minimum Gasteiger partial charge on any atom is -0.484 e. The zero-order chi connectivity index (χ0) is 21.1. The Morgan fingerprint density at radius 1 is 1.07 bits per heavy atom. The van der Waals surface area contributed by atoms with Gasteiger partial charge in [0.1, 0.15) is 5.75 Å². The van der Waals surface area contributed by atoms with Crippen LogP contribution in [0.1, 0.15) is 26.7 Å². The number of rotatable bonds is 5. The topological polar surface area (TPSA) is 42.0 Å². The summed E-state index contributed by atoms with van der Waals surface area (Å²) in [5.74, 6) is 1.48. The second-order valence-electron chi connectivity index (χ2n) is 8.74. The SMILES string of the molecule is CC1CN(CC2CCN(C(=O)COc3ccc4cc(Br)ccc4c3)CC2)CC(C)O1. The van der Waals surface area contributed by atoms with Crippen molar-refractivity contribution in [1.29, 1.82) is 0 Å². The predicted molar refractivity (Wildman–Crippen MR) is 123 cm³/mol. The number of hydrogen-bond donors (Lipinski definition) is 0. The summed E-state index contributed by atoms with van der Waals surface area (Å²) in [6, 6.07) is 12.1. The van der Waals surface area contributed by atoms with E-state index >= 15 is 0 Å². The van der Waals surface area contributed by atoms with Gasteiger partial charge in [0.05, 0.1) is 12.2 Å². The minimum absolute atomic E-state index is 0.0815. The summed E-state index contributed by atoms with van der Waals surface area (Å²) in [4.78, 5) is 17.1. The number of amides is 1. The van der Waals surface area contributed by atoms with Crippen molar-refractivity contribution in [1.82, 2.24) is 9.80 Å². The molecule has 2 aliphatic rings. The molecule has 2 saturated heterocycles. The maximum Gasteiger partial charge on any atom is 0.260 e. The van der Waals surface area contributed by atoms with E-state index in [1.54, 1.807) is 0 Å². The normalized spacial score (nSPS) is 23.6. The summed E-state index contributed by atoms with van der Waals surface area (Å²) in [6.45, 7) is 9.20. The molecular weight excluding hydrogens is 444 g/mol. The quantitative estimate of drug-likeness (QED) is 0.646. The Labute approximate surface area is 187 Å². The predicted octanol–water partition coefficient (Wildman–Crippen LogP) is 4.33. The van der Waals surface area contributed by atoms with Crippen molar-refractivity contribution in [3.8, 4) is 5.75 Å². The van der Waals surface area contributed by atoms with Crippen LogP contribution in [-0.2, 0) is 9.53 Å². The highest BCUT2D eigenvalue weighted by molar-refractivity contribution is 9.10. The van der Waals surface area contributed by atoms with E-state index in [1.807, 2.05) is 29.2 Å². The molecule has 0 aromatic heterocycles. The fourth-order valence-electron chi connectivity index (χ4n) is 4.68. The van der Waals surface area contributed by atoms with E-state index in [9.17, 15) is 4.79 Å². The molecule has 2 unspecified atom stereocenters. The maximum atomic E-state index is 12.6. The van der Waals surface area contributed by atoms with Crippen LogP contribution in [0.2, 0.25) is 0 Å². The number of morpholine rings is 1. The average Bonchev–Trinajstić information content (AvgIpc) is 2.72. The van der Waals surface area contributed by atoms with Crippen LogP contribution in [0.4, 0.5) is 0 Å². The van der Waals surface area contributed by atoms with Crippen molar-refractivity contribution >= 4 is 32.6 Å². The van der Waals surface area contributed by atoms with E-state index in [-0.39, 0.29) is 12.5 Å². The van der Waals surface area contributed by atoms with Crippen molar-refractivity contribution in [3.05, 3.63) is 40.9 Å². The van der Waals surface area contributed by atoms with Crippen molar-refractivity contribution in [2.24, 2.45) is 5.92 Å². The number of carbonyl (C=O) groups excluding carboxylic acids is 1. The number of nitrogens with zero attached hydrogens (tertiary/aromatic N) is 2. The lowest BCUT2D eigenvalue weighted by Crippen LogP contribution is -2.49. The number of fused-ring (bicyclic) bond motifs is 1. The molecule has 6 heteroatoms. The van der Waals surface area contributed by atoms with Gasteiger partial charge in [-0.15, -0.1) is 0 Å². The van der Waals surface area contributed by atoms with E-state index in [0.717, 1.165) is 66.6 Å². The van der Waals surface area contributed by atoms with Gasteiger partial charge in [-0.25, -0.2) is 0 Å². The molecular formula is C24H31BrN2O3. The molecule has 5 nitrogen and oxygen atoms in total. The maximum absolute atomic E-state index is 12.6. The zero-order valence-electron chi connectivity index (χ0n) is 17.9. The Morgan fingerprint density at radius 2 is 1.73 bits per heavy atom. The van der Waals surface area contributed by atoms with Gasteiger partial charge in [-0.2, -0.15) is 0 Å². The summed E-state index contributed by atoms with van der Waals surface area (Å²) in [7, 11) is 0. The van der Waals surface area contributed by atoms with Gasteiger partial charge in [0, 0.05) is 37.2 Å². The van der Waals surface area contributed by atoms with Crippen molar-refractivity contribution in [2.75, 3.05) is 39.3 Å². The van der Waals surface area contributed by atoms with E-state index < -0.39 is 0 Å². The second-order valence-corrected chi connectivity index (χ2v) is 9.66. The lowest BCUT2D eigenvalue weighted by molar-refractivity contribution is -0.135. The van der Waals surface area contributed by atoms with Crippen LogP contribution in [0.25, 0.3) is 10.8 Å². The molecule has 2 atom stereocenters. The number of likely N-dealkylation sites (tertiary alicyclic amines) is 1. The number of ether oxygens (including phenoxy) is 2. The van der Waals surface area contributed by atoms with Gasteiger partial charge in [0.15, 0.2) is 6.61 Å². The van der Waals surface area contributed by atoms with E-state index in [4.69, 9.17) is 9.47 Å². The molecule has 0 saturated carbocycles. The first-order valence-electron chi connectivity index (χ1n) is 10.9. The van der Waals surface area contributed by atoms with Crippen molar-refractivity contribution in [3.63, 3.8) is 0 Å². The van der Waals surface area contributed by atoms with Crippen LogP contribution in [0.3, 0.4) is 0 Å². The van der Waals surface area contributed by atoms with Crippen LogP contribution in [0.5, 0.6) is 5.75 Å². The molecule has 0 spiro atoms. The molecule has 162 valence electrons. The van der Waals surface area contributed by atoms with E-state index in [0.29, 0.717) is 18.1 Å². The Morgan fingerprint density at radius 3 is 2.47 bits per heavy atom. The molecule has 2 heterocycles. The molecule has 0 radical (unpaired) electrons. The van der Waals surface area contributed by atoms with Crippen LogP contribution < -0.4 is 4.74 Å². The standard InChI is InChI=1S/C24H31BrN2O3/c1-17-13-26(14-18(2)30-17)15-19-7-9-27(10-8-19)24(28)16-29-23-6-4-20-11-22(25)5-3-21(20)12-23/h3-6,11-12,17-19H,7-10,13-16H2,1-2H3. The van der Waals surface area contributed by atoms with Crippen molar-refractivity contribution < 1.29 is 14.3 Å². The van der Waals surface area contributed by atoms with Crippen LogP contribution >= 0.6 is 15.9 Å². The van der Waals surface area contributed by atoms with Crippen LogP contribution in [0, 0.1) is 5.92 Å². The first-order valence-corrected chi connectivity index (χ1v) is 11.7. The van der Waals surface area contributed by atoms with Gasteiger partial charge < -0.3 is 14.4 Å². The molecule has 4 rings (SSSR count). The number of halogens is 1. The molecule has 0 N–H and O–H groups in total. The monoisotopic (exact) mass is 474 g/mol. The summed E-state index contributed by atoms with van der Waals surface area (Å²) in [6.07, 6.45) is 2.75. The number of piperidine rings is 1. The van der Waals surface area contributed by atoms with E-state index in [1.165, 1.54) is 0 Å². The summed E-state index contributed by atoms with van der Waals surface area (Å²) < 4.78 is 12.7. The minimum atomic E-state index is 0.0815. The van der Waals surface area contributed by atoms with E-state index in [2.05, 4.69) is 46.8 Å². The summed E-state index contributed by atoms with van der Waals surface area (Å²) in [5, 5.41) is 2.25. The molecule has 2 aliphatic heterocycles. The average molecular weight is 475 g/mol. The zero-order valence-corrected chi connectivity index (χ0v) is 19.4. The Balaban J connectivity index is 1.23. The molecule has 2 aromatic rings. The Bertz CT molecular complexity index is 872. The number of carbonyl (C=O) groups is 1. The molecule has 2 fully saturated rings. The summed E-state index contributed by atoms with van der Waals surface area (Å²) in [5.41, 5.74) is 0. The lowest BCUT2D eigenvalue weighted by atomic mass is 9.95. The lowest BCUT2D eigenvalue weighted by Gasteiger charge is -2.39. The molecule has 1 amide bonds. The van der Waals surface area contributed by atoms with Gasteiger partial charge in [-0.1, -0.05) is 28.1 Å². The first-order chi connectivity index (χ1) is 14.5. The van der Waals surface area contributed by atoms with Crippen LogP contribution in [0.15, 0.2) is 40.9 Å². The second kappa shape index (κ2) is 9.67. The van der Waals surface area contributed by atoms with Gasteiger partial charge >= 0.3 is 0 Å². The Kier molecular flexibility index (Phi) is 6.96. The fraction of sp³-hybridized carbons (Fsp3) is 0.542. The third-order valence-electron chi connectivity index (χ3n) is 6.11. The third-order valence-corrected chi connectivity index (χ3v) is 6.61. The number of hydrogen-bond acceptors (Lipinski definition) is 4. The highest BCUT2D eigenvalue weighted by Crippen LogP contribution is 2.25. The first kappa shape index (κ1) is 21.6. The van der Waals surface area contributed by atoms with Gasteiger partial charge in [0.25, 0.3) is 5.91 Å². The fourth-order valence-corrected chi connectivity index (χ4v) is 5.06. The summed E-state index contributed by atoms with van der Waals surface area (Å²) >= 11 is 3.49. The van der Waals surface area contributed by atoms with Gasteiger partial charge in [-0.05, 0) is 67.6 Å². The highest BCUT2D eigenvalue weighted by Gasteiger charge is 2.28. The molecule has 0 aliphatic carbocycles. The van der Waals surface area contributed by atoms with Crippen molar-refractivity contribution in [2.45, 2.75) is 38.9 Å². The third kappa shape index (κ3) is 5.54. The largest absolute Gasteiger partial charge is 0.484 e. The van der Waals surface area contributed by atoms with Crippen LogP contribution in [-0.4, -0.2) is 67.2 Å². The highest BCUT2D eigenvalue weighted by atomic mass is 79.9. The smallest absolute Gasteiger partial charge is 0.260 e. The molecule has 2 aromatic carbocycles.